The van der Waals surface area contributed by atoms with Crippen LogP contribution in [0.15, 0.2) is 175 Å². The second-order valence-corrected chi connectivity index (χ2v) is 21.2. The molecule has 8 aromatic carbocycles. The lowest BCUT2D eigenvalue weighted by molar-refractivity contribution is 0.445. The Balaban J connectivity index is 1.22. The Bertz CT molecular complexity index is 3300. The molecule has 68 heavy (non-hydrogen) atoms. The Kier molecular flexibility index (Phi) is 11.3. The summed E-state index contributed by atoms with van der Waals surface area (Å²) >= 11 is 0. The van der Waals surface area contributed by atoms with E-state index in [1.165, 1.54) is 169 Å². The summed E-state index contributed by atoms with van der Waals surface area (Å²) in [5.74, 6) is 2.23. The fourth-order valence-electron chi connectivity index (χ4n) is 12.8. The van der Waals surface area contributed by atoms with Gasteiger partial charge in [0, 0.05) is 39.1 Å². The van der Waals surface area contributed by atoms with Crippen LogP contribution in [0, 0.1) is 5.92 Å². The first-order valence-corrected chi connectivity index (χ1v) is 26.2. The quantitative estimate of drug-likeness (QED) is 0.126. The number of nitrogens with zero attached hydrogens (tertiary/aromatic N) is 2. The summed E-state index contributed by atoms with van der Waals surface area (Å²) in [5, 5.41) is 11.0. The smallest absolute Gasteiger partial charge is 0.0543 e. The van der Waals surface area contributed by atoms with Crippen molar-refractivity contribution < 1.29 is 0 Å². The fourth-order valence-corrected chi connectivity index (χ4v) is 12.8. The predicted octanol–water partition coefficient (Wildman–Crippen LogP) is 19.6. The third-order valence-corrected chi connectivity index (χ3v) is 16.4. The van der Waals surface area contributed by atoms with Gasteiger partial charge in [-0.2, -0.15) is 0 Å². The molecule has 0 N–H and O–H groups in total. The van der Waals surface area contributed by atoms with Gasteiger partial charge in [-0.3, -0.25) is 0 Å². The monoisotopic (exact) mass is 887 g/mol. The lowest BCUT2D eigenvalue weighted by Crippen LogP contribution is -2.22. The minimum Gasteiger partial charge on any atom is -0.310 e. The molecule has 2 heteroatoms. The van der Waals surface area contributed by atoms with Crippen molar-refractivity contribution in [1.29, 1.82) is 0 Å². The predicted molar refractivity (Wildman–Crippen MR) is 293 cm³/mol. The highest BCUT2D eigenvalue weighted by Crippen LogP contribution is 2.54. The van der Waals surface area contributed by atoms with Gasteiger partial charge in [0.25, 0.3) is 0 Å². The van der Waals surface area contributed by atoms with Gasteiger partial charge in [0.1, 0.15) is 0 Å². The van der Waals surface area contributed by atoms with Gasteiger partial charge in [0.15, 0.2) is 0 Å². The zero-order chi connectivity index (χ0) is 45.9. The molecule has 2 nitrogen and oxygen atoms in total. The van der Waals surface area contributed by atoms with E-state index in [0.29, 0.717) is 29.6 Å². The number of benzene rings is 8. The Hall–Kier alpha value is -6.38. The Morgan fingerprint density at radius 1 is 0.456 bits per heavy atom. The second kappa shape index (κ2) is 17.9. The molecule has 0 spiro atoms. The second-order valence-electron chi connectivity index (χ2n) is 21.2. The number of fused-ring (bicyclic) bond motifs is 2. The molecule has 0 aliphatic heterocycles. The maximum atomic E-state index is 2.67. The van der Waals surface area contributed by atoms with Crippen LogP contribution in [0.1, 0.15) is 144 Å². The minimum absolute atomic E-state index is 0.364. The van der Waals surface area contributed by atoms with Crippen molar-refractivity contribution >= 4 is 71.5 Å². The molecule has 4 aliphatic carbocycles. The highest BCUT2D eigenvalue weighted by molar-refractivity contribution is 6.29. The van der Waals surface area contributed by atoms with Crippen LogP contribution in [-0.2, 0) is 0 Å². The van der Waals surface area contributed by atoms with Crippen molar-refractivity contribution in [2.24, 2.45) is 5.92 Å². The van der Waals surface area contributed by atoms with Crippen molar-refractivity contribution in [2.45, 2.75) is 122 Å². The van der Waals surface area contributed by atoms with E-state index in [9.17, 15) is 0 Å². The maximum Gasteiger partial charge on any atom is 0.0543 e. The van der Waals surface area contributed by atoms with Crippen LogP contribution >= 0.6 is 0 Å². The molecule has 0 aromatic heterocycles. The van der Waals surface area contributed by atoms with E-state index in [2.05, 4.69) is 201 Å². The van der Waals surface area contributed by atoms with E-state index >= 15 is 0 Å². The van der Waals surface area contributed by atoms with Gasteiger partial charge in [-0.15, -0.1) is 0 Å². The zero-order valence-electron chi connectivity index (χ0n) is 40.6. The van der Waals surface area contributed by atoms with Crippen LogP contribution in [0.25, 0.3) is 43.1 Å². The van der Waals surface area contributed by atoms with Crippen molar-refractivity contribution in [3.63, 3.8) is 0 Å². The van der Waals surface area contributed by atoms with Crippen molar-refractivity contribution in [3.05, 3.63) is 197 Å². The fraction of sp³-hybridized carbons (Fsp3) is 0.303. The van der Waals surface area contributed by atoms with Gasteiger partial charge < -0.3 is 9.80 Å². The van der Waals surface area contributed by atoms with Crippen LogP contribution in [0.2, 0.25) is 0 Å². The normalized spacial score (nSPS) is 18.0. The average molecular weight is 887 g/mol. The van der Waals surface area contributed by atoms with E-state index in [1.807, 2.05) is 0 Å². The summed E-state index contributed by atoms with van der Waals surface area (Å²) in [6.45, 7) is 9.31. The van der Waals surface area contributed by atoms with Crippen LogP contribution < -0.4 is 9.80 Å². The lowest BCUT2D eigenvalue weighted by Gasteiger charge is -2.36. The molecule has 4 aliphatic rings. The summed E-state index contributed by atoms with van der Waals surface area (Å²) in [7, 11) is 0. The summed E-state index contributed by atoms with van der Waals surface area (Å²) in [4.78, 5) is 5.32. The van der Waals surface area contributed by atoms with E-state index in [0.717, 1.165) is 6.42 Å². The van der Waals surface area contributed by atoms with Crippen LogP contribution in [0.4, 0.5) is 28.4 Å². The molecule has 0 bridgehead atoms. The molecule has 0 radical (unpaired) electrons. The molecule has 0 heterocycles. The molecule has 0 amide bonds. The Morgan fingerprint density at radius 2 is 1.00 bits per heavy atom. The van der Waals surface area contributed by atoms with Crippen LogP contribution in [0.5, 0.6) is 0 Å². The SMILES string of the molecule is CC(C)c1cccc(N(C2=C3C=CC=CC3CC=C2)c2cc(C3CCCCC3)c3ccc4c(N(c5cccc(C(C)C)c5)c5cccc6ccccc56)cc(C5CCCCC5)c5ccc2c3c54)c1. The summed E-state index contributed by atoms with van der Waals surface area (Å²) in [6, 6.07) is 50.2. The standard InChI is InChI=1S/C66H66N2/c1-43(2)49-27-15-29-51(39-49)67(61-33-17-25-45-23-11-13-31-53(45)61)63-41-59(47-19-7-5-8-20-47)55-36-38-58-64(42-60(48-21-9-6-10-22-48)56-35-37-57(63)65(55)66(56)58)68(52-30-16-28-50(40-52)44(3)4)62-34-18-26-46-24-12-14-32-54(46)62/h11-18,23-25,27-44,46-48H,5-10,19-22,26H2,1-4H3. The Labute approximate surface area is 404 Å². The number of hydrogen-bond acceptors (Lipinski definition) is 2. The topological polar surface area (TPSA) is 6.48 Å². The number of allylic oxidation sites excluding steroid dienone is 7. The molecule has 12 rings (SSSR count). The minimum atomic E-state index is 0.364. The van der Waals surface area contributed by atoms with Gasteiger partial charge >= 0.3 is 0 Å². The number of anilines is 5. The van der Waals surface area contributed by atoms with E-state index in [-0.39, 0.29) is 0 Å². The maximum absolute atomic E-state index is 2.67. The van der Waals surface area contributed by atoms with E-state index in [1.54, 1.807) is 0 Å². The molecule has 1 unspecified atom stereocenters. The highest BCUT2D eigenvalue weighted by atomic mass is 15.2. The molecule has 2 saturated carbocycles. The molecule has 8 aromatic rings. The summed E-state index contributed by atoms with van der Waals surface area (Å²) in [6.07, 6.45) is 28.0. The largest absolute Gasteiger partial charge is 0.310 e. The van der Waals surface area contributed by atoms with Crippen LogP contribution in [-0.4, -0.2) is 0 Å². The number of hydrogen-bond donors (Lipinski definition) is 0. The van der Waals surface area contributed by atoms with Gasteiger partial charge in [-0.05, 0) is 159 Å². The van der Waals surface area contributed by atoms with Crippen molar-refractivity contribution in [1.82, 2.24) is 0 Å². The van der Waals surface area contributed by atoms with Crippen LogP contribution in [0.3, 0.4) is 0 Å². The van der Waals surface area contributed by atoms with Gasteiger partial charge in [0.2, 0.25) is 0 Å². The summed E-state index contributed by atoms with van der Waals surface area (Å²) < 4.78 is 0. The lowest BCUT2D eigenvalue weighted by atomic mass is 9.77. The molecule has 340 valence electrons. The highest BCUT2D eigenvalue weighted by Gasteiger charge is 2.31. The zero-order valence-corrected chi connectivity index (χ0v) is 40.6. The first-order chi connectivity index (χ1) is 33.4. The molecular formula is C66H66N2. The average Bonchev–Trinajstić information content (AvgIpc) is 3.39. The molecular weight excluding hydrogens is 821 g/mol. The van der Waals surface area contributed by atoms with Crippen molar-refractivity contribution in [3.8, 4) is 0 Å². The molecule has 2 fully saturated rings. The Morgan fingerprint density at radius 3 is 1.62 bits per heavy atom. The van der Waals surface area contributed by atoms with Gasteiger partial charge in [0.05, 0.1) is 17.1 Å². The first kappa shape index (κ1) is 42.9. The van der Waals surface area contributed by atoms with E-state index < -0.39 is 0 Å². The third kappa shape index (κ3) is 7.47. The molecule has 1 atom stereocenters. The third-order valence-electron chi connectivity index (χ3n) is 16.4. The summed E-state index contributed by atoms with van der Waals surface area (Å²) in [5.41, 5.74) is 14.8. The van der Waals surface area contributed by atoms with E-state index in [4.69, 9.17) is 0 Å². The van der Waals surface area contributed by atoms with Gasteiger partial charge in [-0.1, -0.05) is 182 Å². The molecule has 0 saturated heterocycles. The van der Waals surface area contributed by atoms with Crippen molar-refractivity contribution in [2.75, 3.05) is 9.80 Å². The van der Waals surface area contributed by atoms with Gasteiger partial charge in [-0.25, -0.2) is 0 Å². The first-order valence-electron chi connectivity index (χ1n) is 26.2. The number of rotatable bonds is 10.